The first-order valence-electron chi connectivity index (χ1n) is 10.7. The van der Waals surface area contributed by atoms with Gasteiger partial charge in [0.2, 0.25) is 5.91 Å². The van der Waals surface area contributed by atoms with E-state index in [1.54, 1.807) is 12.3 Å². The van der Waals surface area contributed by atoms with Crippen molar-refractivity contribution in [3.63, 3.8) is 0 Å². The second-order valence-electron chi connectivity index (χ2n) is 7.94. The normalized spacial score (nSPS) is 16.1. The van der Waals surface area contributed by atoms with Crippen molar-refractivity contribution in [2.24, 2.45) is 0 Å². The number of pyridine rings is 2. The molecule has 31 heavy (non-hydrogen) atoms. The fourth-order valence-electron chi connectivity index (χ4n) is 4.21. The van der Waals surface area contributed by atoms with Gasteiger partial charge in [-0.05, 0) is 43.5 Å². The Morgan fingerprint density at radius 1 is 1.06 bits per heavy atom. The van der Waals surface area contributed by atoms with E-state index in [0.29, 0.717) is 24.2 Å². The van der Waals surface area contributed by atoms with Crippen molar-refractivity contribution in [1.82, 2.24) is 14.5 Å². The maximum Gasteiger partial charge on any atom is 0.222 e. The van der Waals surface area contributed by atoms with Crippen LogP contribution in [0.1, 0.15) is 31.4 Å². The Labute approximate surface area is 180 Å². The molecule has 5 rings (SSSR count). The molecular formula is C25H24N4O2. The lowest BCUT2D eigenvalue weighted by molar-refractivity contribution is -0.128. The molecule has 3 heterocycles. The lowest BCUT2D eigenvalue weighted by Gasteiger charge is -2.20. The Balaban J connectivity index is 1.66. The number of nitrogens with zero attached hydrogens (tertiary/aromatic N) is 3. The van der Waals surface area contributed by atoms with Crippen molar-refractivity contribution in [2.75, 3.05) is 11.9 Å². The lowest BCUT2D eigenvalue weighted by atomic mass is 10.1. The summed E-state index contributed by atoms with van der Waals surface area (Å²) in [5.74, 6) is 0.865. The third-order valence-electron chi connectivity index (χ3n) is 5.76. The highest BCUT2D eigenvalue weighted by molar-refractivity contribution is 5.83. The van der Waals surface area contributed by atoms with Gasteiger partial charge in [-0.15, -0.1) is 0 Å². The van der Waals surface area contributed by atoms with Crippen LogP contribution in [0.4, 0.5) is 5.82 Å². The Morgan fingerprint density at radius 2 is 1.94 bits per heavy atom. The fourth-order valence-corrected chi connectivity index (χ4v) is 4.21. The Hall–Kier alpha value is -3.67. The van der Waals surface area contributed by atoms with Gasteiger partial charge in [-0.2, -0.15) is 0 Å². The lowest BCUT2D eigenvalue weighted by Crippen LogP contribution is -2.24. The molecule has 1 amide bonds. The molecule has 1 fully saturated rings. The Kier molecular flexibility index (Phi) is 5.12. The van der Waals surface area contributed by atoms with Gasteiger partial charge in [-0.1, -0.05) is 30.4 Å². The van der Waals surface area contributed by atoms with Gasteiger partial charge in [0.1, 0.15) is 5.82 Å². The first-order chi connectivity index (χ1) is 15.2. The molecule has 0 spiro atoms. The quantitative estimate of drug-likeness (QED) is 0.684. The van der Waals surface area contributed by atoms with Crippen LogP contribution in [0.5, 0.6) is 0 Å². The predicted molar refractivity (Wildman–Crippen MR) is 122 cm³/mol. The molecule has 1 N–H and O–H groups in total. The molecule has 0 atom stereocenters. The number of aromatic nitrogens is 2. The van der Waals surface area contributed by atoms with Crippen LogP contribution < -0.4 is 10.7 Å². The zero-order chi connectivity index (χ0) is 21.2. The largest absolute Gasteiger partial charge is 0.342 e. The van der Waals surface area contributed by atoms with E-state index in [4.69, 9.17) is 0 Å². The van der Waals surface area contributed by atoms with E-state index >= 15 is 0 Å². The molecule has 1 saturated heterocycles. The highest BCUT2D eigenvalue weighted by atomic mass is 16.2. The molecule has 0 bridgehead atoms. The summed E-state index contributed by atoms with van der Waals surface area (Å²) in [5, 5.41) is 3.99. The van der Waals surface area contributed by atoms with Crippen LogP contribution in [-0.2, 0) is 11.3 Å². The fraction of sp³-hybridized carbons (Fsp3) is 0.240. The van der Waals surface area contributed by atoms with Crippen molar-refractivity contribution in [3.8, 4) is 5.69 Å². The molecule has 3 aromatic rings. The van der Waals surface area contributed by atoms with Crippen molar-refractivity contribution in [3.05, 3.63) is 88.5 Å². The van der Waals surface area contributed by atoms with Crippen LogP contribution in [0, 0.1) is 0 Å². The molecule has 1 aliphatic heterocycles. The average molecular weight is 412 g/mol. The van der Waals surface area contributed by atoms with E-state index in [1.165, 1.54) is 0 Å². The number of benzene rings is 1. The second-order valence-corrected chi connectivity index (χ2v) is 7.94. The van der Waals surface area contributed by atoms with Gasteiger partial charge in [-0.3, -0.25) is 19.1 Å². The monoisotopic (exact) mass is 412 g/mol. The molecule has 156 valence electrons. The van der Waals surface area contributed by atoms with Crippen molar-refractivity contribution < 1.29 is 4.79 Å². The minimum Gasteiger partial charge on any atom is -0.342 e. The van der Waals surface area contributed by atoms with E-state index in [0.717, 1.165) is 48.4 Å². The summed E-state index contributed by atoms with van der Waals surface area (Å²) in [6.07, 6.45) is 11.4. The number of amides is 1. The number of fused-ring (bicyclic) bond motifs is 1. The Bertz CT molecular complexity index is 1260. The Morgan fingerprint density at radius 3 is 2.68 bits per heavy atom. The minimum absolute atomic E-state index is 0.0821. The topological polar surface area (TPSA) is 67.2 Å². The molecule has 2 aliphatic rings. The third kappa shape index (κ3) is 3.89. The standard InChI is InChI=1S/C25H24N4O2/c30-23-15-24(27-18-8-3-1-4-9-18)29(20-10-5-2-6-11-20)22-14-19(26-16-21(22)23)17-28-13-7-12-25(28)31/h2-3,5-6,8-11,14-16,27H,1,4,7,12-13,17H2. The SMILES string of the molecule is O=C1CCCN1Cc1cc2c(cn1)c(=O)cc(NC1=CCCC=C1)n2-c1ccccc1. The number of likely N-dealkylation sites (tertiary alicyclic amines) is 1. The highest BCUT2D eigenvalue weighted by Gasteiger charge is 2.21. The predicted octanol–water partition coefficient (Wildman–Crippen LogP) is 4.15. The molecule has 6 heteroatoms. The number of carbonyl (C=O) groups is 1. The van der Waals surface area contributed by atoms with Crippen molar-refractivity contribution in [2.45, 2.75) is 32.2 Å². The van der Waals surface area contributed by atoms with E-state index in [9.17, 15) is 9.59 Å². The molecule has 1 aliphatic carbocycles. The first-order valence-corrected chi connectivity index (χ1v) is 10.7. The summed E-state index contributed by atoms with van der Waals surface area (Å²) < 4.78 is 2.05. The molecule has 0 unspecified atom stereocenters. The van der Waals surface area contributed by atoms with E-state index in [2.05, 4.69) is 27.0 Å². The molecule has 0 radical (unpaired) electrons. The van der Waals surface area contributed by atoms with Crippen LogP contribution in [0.2, 0.25) is 0 Å². The van der Waals surface area contributed by atoms with E-state index in [-0.39, 0.29) is 11.3 Å². The molecule has 6 nitrogen and oxygen atoms in total. The van der Waals surface area contributed by atoms with Crippen LogP contribution in [-0.4, -0.2) is 26.9 Å². The third-order valence-corrected chi connectivity index (χ3v) is 5.76. The van der Waals surface area contributed by atoms with Gasteiger partial charge in [0, 0.05) is 36.6 Å². The number of allylic oxidation sites excluding steroid dienone is 3. The number of hydrogen-bond donors (Lipinski definition) is 1. The second kappa shape index (κ2) is 8.22. The van der Waals surface area contributed by atoms with Gasteiger partial charge in [0.05, 0.1) is 23.1 Å². The zero-order valence-corrected chi connectivity index (χ0v) is 17.3. The maximum atomic E-state index is 12.9. The maximum absolute atomic E-state index is 12.9. The minimum atomic E-state index is -0.0821. The molecule has 2 aromatic heterocycles. The molecule has 0 saturated carbocycles. The van der Waals surface area contributed by atoms with Gasteiger partial charge in [0.15, 0.2) is 5.43 Å². The summed E-state index contributed by atoms with van der Waals surface area (Å²) >= 11 is 0. The number of hydrogen-bond acceptors (Lipinski definition) is 4. The van der Waals surface area contributed by atoms with Crippen LogP contribution in [0.15, 0.2) is 77.4 Å². The summed E-state index contributed by atoms with van der Waals surface area (Å²) in [5.41, 5.74) is 3.40. The molecular weight excluding hydrogens is 388 g/mol. The first kappa shape index (κ1) is 19.3. The van der Waals surface area contributed by atoms with Crippen LogP contribution in [0.25, 0.3) is 16.6 Å². The van der Waals surface area contributed by atoms with Gasteiger partial charge in [-0.25, -0.2) is 0 Å². The van der Waals surface area contributed by atoms with Gasteiger partial charge < -0.3 is 10.2 Å². The zero-order valence-electron chi connectivity index (χ0n) is 17.3. The summed E-state index contributed by atoms with van der Waals surface area (Å²) in [6.45, 7) is 1.22. The van der Waals surface area contributed by atoms with E-state index < -0.39 is 0 Å². The number of nitrogens with one attached hydrogen (secondary N) is 1. The average Bonchev–Trinajstić information content (AvgIpc) is 3.19. The molecule has 1 aromatic carbocycles. The summed E-state index contributed by atoms with van der Waals surface area (Å²) in [7, 11) is 0. The van der Waals surface area contributed by atoms with Crippen LogP contribution >= 0.6 is 0 Å². The highest BCUT2D eigenvalue weighted by Crippen LogP contribution is 2.25. The smallest absolute Gasteiger partial charge is 0.222 e. The summed E-state index contributed by atoms with van der Waals surface area (Å²) in [4.78, 5) is 31.3. The number of para-hydroxylation sites is 1. The van der Waals surface area contributed by atoms with E-state index in [1.807, 2.05) is 47.4 Å². The van der Waals surface area contributed by atoms with Gasteiger partial charge >= 0.3 is 0 Å². The van der Waals surface area contributed by atoms with Crippen LogP contribution in [0.3, 0.4) is 0 Å². The number of carbonyl (C=O) groups excluding carboxylic acids is 1. The van der Waals surface area contributed by atoms with Crippen molar-refractivity contribution in [1.29, 1.82) is 0 Å². The summed E-state index contributed by atoms with van der Waals surface area (Å²) in [6, 6.07) is 13.5. The van der Waals surface area contributed by atoms with Gasteiger partial charge in [0.25, 0.3) is 0 Å². The number of anilines is 1. The number of rotatable bonds is 5. The van der Waals surface area contributed by atoms with Crippen molar-refractivity contribution >= 4 is 22.6 Å².